The van der Waals surface area contributed by atoms with Crippen LogP contribution in [0, 0.1) is 5.92 Å². The summed E-state index contributed by atoms with van der Waals surface area (Å²) in [5.41, 5.74) is 1.30. The number of anilines is 2. The molecule has 2 amide bonds. The number of halogens is 1. The molecular weight excluding hydrogens is 328 g/mol. The fraction of sp³-hybridized carbons (Fsp3) is 0.222. The first kappa shape index (κ1) is 16.3. The average Bonchev–Trinajstić information content (AvgIpc) is 2.97. The number of hydrogen-bond acceptors (Lipinski definition) is 3. The highest BCUT2D eigenvalue weighted by molar-refractivity contribution is 6.31. The molecular formula is C18H17ClN2O3. The summed E-state index contributed by atoms with van der Waals surface area (Å²) in [6, 6.07) is 14.3. The fourth-order valence-corrected chi connectivity index (χ4v) is 2.92. The average molecular weight is 345 g/mol. The molecule has 1 heterocycles. The van der Waals surface area contributed by atoms with Crippen LogP contribution in [-0.4, -0.2) is 25.5 Å². The number of amides is 2. The molecule has 6 heteroatoms. The van der Waals surface area contributed by atoms with Crippen LogP contribution in [0.2, 0.25) is 5.02 Å². The molecule has 1 unspecified atom stereocenters. The van der Waals surface area contributed by atoms with Gasteiger partial charge in [0.15, 0.2) is 0 Å². The third kappa shape index (κ3) is 3.36. The van der Waals surface area contributed by atoms with Crippen molar-refractivity contribution in [3.8, 4) is 5.75 Å². The second kappa shape index (κ2) is 6.93. The number of ether oxygens (including phenoxy) is 1. The Kier molecular flexibility index (Phi) is 4.71. The van der Waals surface area contributed by atoms with Gasteiger partial charge in [0.2, 0.25) is 11.8 Å². The Labute approximate surface area is 145 Å². The predicted molar refractivity (Wildman–Crippen MR) is 93.5 cm³/mol. The zero-order chi connectivity index (χ0) is 17.1. The van der Waals surface area contributed by atoms with E-state index in [0.29, 0.717) is 28.7 Å². The minimum Gasteiger partial charge on any atom is -0.495 e. The minimum absolute atomic E-state index is 0.122. The molecule has 0 saturated carbocycles. The van der Waals surface area contributed by atoms with Crippen molar-refractivity contribution in [2.45, 2.75) is 6.42 Å². The van der Waals surface area contributed by atoms with Crippen LogP contribution in [0.3, 0.4) is 0 Å². The SMILES string of the molecule is COc1ccc(Cl)cc1N1CC(C(=O)Nc2ccccc2)CC1=O. The van der Waals surface area contributed by atoms with Gasteiger partial charge in [0.05, 0.1) is 18.7 Å². The summed E-state index contributed by atoms with van der Waals surface area (Å²) in [6.07, 6.45) is 0.161. The Morgan fingerprint density at radius 1 is 1.25 bits per heavy atom. The molecule has 1 aliphatic rings. The van der Waals surface area contributed by atoms with Gasteiger partial charge >= 0.3 is 0 Å². The van der Waals surface area contributed by atoms with Crippen molar-refractivity contribution in [3.05, 3.63) is 53.6 Å². The number of nitrogens with zero attached hydrogens (tertiary/aromatic N) is 1. The molecule has 2 aromatic rings. The van der Waals surface area contributed by atoms with Crippen LogP contribution in [-0.2, 0) is 9.59 Å². The Hall–Kier alpha value is -2.53. The van der Waals surface area contributed by atoms with Crippen LogP contribution in [0.1, 0.15) is 6.42 Å². The summed E-state index contributed by atoms with van der Waals surface area (Å²) in [7, 11) is 1.53. The van der Waals surface area contributed by atoms with Crippen LogP contribution in [0.4, 0.5) is 11.4 Å². The lowest BCUT2D eigenvalue weighted by atomic mass is 10.1. The van der Waals surface area contributed by atoms with Gasteiger partial charge in [-0.2, -0.15) is 0 Å². The van der Waals surface area contributed by atoms with E-state index in [-0.39, 0.29) is 18.2 Å². The summed E-state index contributed by atoms with van der Waals surface area (Å²) in [6.45, 7) is 0.300. The third-order valence-electron chi connectivity index (χ3n) is 3.97. The maximum Gasteiger partial charge on any atom is 0.229 e. The first-order valence-corrected chi connectivity index (χ1v) is 7.96. The van der Waals surface area contributed by atoms with E-state index in [0.717, 1.165) is 0 Å². The molecule has 3 rings (SSSR count). The highest BCUT2D eigenvalue weighted by Crippen LogP contribution is 2.35. The lowest BCUT2D eigenvalue weighted by Gasteiger charge is -2.19. The number of carbonyl (C=O) groups excluding carboxylic acids is 2. The molecule has 1 aliphatic heterocycles. The fourth-order valence-electron chi connectivity index (χ4n) is 2.76. The second-order valence-corrected chi connectivity index (χ2v) is 6.01. The summed E-state index contributed by atoms with van der Waals surface area (Å²) in [5, 5.41) is 3.35. The van der Waals surface area contributed by atoms with Gasteiger partial charge in [0.25, 0.3) is 0 Å². The molecule has 0 aliphatic carbocycles. The molecule has 1 fully saturated rings. The standard InChI is InChI=1S/C18H17ClN2O3/c1-24-16-8-7-13(19)10-15(16)21-11-12(9-17(21)22)18(23)20-14-5-3-2-4-6-14/h2-8,10,12H,9,11H2,1H3,(H,20,23). The van der Waals surface area contributed by atoms with Gasteiger partial charge < -0.3 is 15.0 Å². The van der Waals surface area contributed by atoms with E-state index in [1.54, 1.807) is 23.1 Å². The number of para-hydroxylation sites is 1. The number of rotatable bonds is 4. The van der Waals surface area contributed by atoms with Crippen LogP contribution >= 0.6 is 11.6 Å². The summed E-state index contributed by atoms with van der Waals surface area (Å²) in [5.74, 6) is -0.153. The molecule has 124 valence electrons. The lowest BCUT2D eigenvalue weighted by Crippen LogP contribution is -2.28. The van der Waals surface area contributed by atoms with Gasteiger partial charge in [-0.15, -0.1) is 0 Å². The smallest absolute Gasteiger partial charge is 0.229 e. The topological polar surface area (TPSA) is 58.6 Å². The highest BCUT2D eigenvalue weighted by Gasteiger charge is 2.36. The second-order valence-electron chi connectivity index (χ2n) is 5.58. The number of benzene rings is 2. The third-order valence-corrected chi connectivity index (χ3v) is 4.20. The van der Waals surface area contributed by atoms with Crippen LogP contribution < -0.4 is 15.0 Å². The summed E-state index contributed by atoms with van der Waals surface area (Å²) < 4.78 is 5.30. The summed E-state index contributed by atoms with van der Waals surface area (Å²) >= 11 is 6.03. The molecule has 2 aromatic carbocycles. The number of nitrogens with one attached hydrogen (secondary N) is 1. The predicted octanol–water partition coefficient (Wildman–Crippen LogP) is 3.34. The van der Waals surface area contributed by atoms with Crippen LogP contribution in [0.15, 0.2) is 48.5 Å². The van der Waals surface area contributed by atoms with Gasteiger partial charge in [-0.05, 0) is 30.3 Å². The van der Waals surface area contributed by atoms with Crippen molar-refractivity contribution >= 4 is 34.8 Å². The van der Waals surface area contributed by atoms with E-state index >= 15 is 0 Å². The Bertz CT molecular complexity index is 764. The largest absolute Gasteiger partial charge is 0.495 e. The van der Waals surface area contributed by atoms with E-state index in [1.165, 1.54) is 7.11 Å². The van der Waals surface area contributed by atoms with Gasteiger partial charge in [-0.3, -0.25) is 9.59 Å². The van der Waals surface area contributed by atoms with E-state index < -0.39 is 5.92 Å². The van der Waals surface area contributed by atoms with Crippen molar-refractivity contribution in [3.63, 3.8) is 0 Å². The van der Waals surface area contributed by atoms with E-state index in [1.807, 2.05) is 30.3 Å². The molecule has 0 spiro atoms. The normalized spacial score (nSPS) is 17.0. The minimum atomic E-state index is -0.415. The van der Waals surface area contributed by atoms with Gasteiger partial charge in [0.1, 0.15) is 5.75 Å². The zero-order valence-electron chi connectivity index (χ0n) is 13.2. The molecule has 1 saturated heterocycles. The molecule has 24 heavy (non-hydrogen) atoms. The van der Waals surface area contributed by atoms with Crippen molar-refractivity contribution in [1.82, 2.24) is 0 Å². The lowest BCUT2D eigenvalue weighted by molar-refractivity contribution is -0.122. The molecule has 1 N–H and O–H groups in total. The number of carbonyl (C=O) groups is 2. The van der Waals surface area contributed by atoms with Crippen molar-refractivity contribution in [1.29, 1.82) is 0 Å². The maximum atomic E-state index is 12.4. The van der Waals surface area contributed by atoms with Crippen LogP contribution in [0.5, 0.6) is 5.75 Å². The number of methoxy groups -OCH3 is 1. The Balaban J connectivity index is 1.76. The van der Waals surface area contributed by atoms with Crippen molar-refractivity contribution in [2.75, 3.05) is 23.9 Å². The van der Waals surface area contributed by atoms with Gasteiger partial charge in [-0.25, -0.2) is 0 Å². The first-order valence-electron chi connectivity index (χ1n) is 7.58. The number of hydrogen-bond donors (Lipinski definition) is 1. The highest BCUT2D eigenvalue weighted by atomic mass is 35.5. The molecule has 1 atom stereocenters. The van der Waals surface area contributed by atoms with E-state index in [2.05, 4.69) is 5.32 Å². The van der Waals surface area contributed by atoms with Gasteiger partial charge in [-0.1, -0.05) is 29.8 Å². The van der Waals surface area contributed by atoms with Crippen molar-refractivity contribution < 1.29 is 14.3 Å². The monoisotopic (exact) mass is 344 g/mol. The molecule has 5 nitrogen and oxygen atoms in total. The van der Waals surface area contributed by atoms with Crippen LogP contribution in [0.25, 0.3) is 0 Å². The maximum absolute atomic E-state index is 12.4. The van der Waals surface area contributed by atoms with Crippen molar-refractivity contribution in [2.24, 2.45) is 5.92 Å². The first-order chi connectivity index (χ1) is 11.6. The molecule has 0 bridgehead atoms. The van der Waals surface area contributed by atoms with E-state index in [9.17, 15) is 9.59 Å². The quantitative estimate of drug-likeness (QED) is 0.925. The Morgan fingerprint density at radius 3 is 2.71 bits per heavy atom. The van der Waals surface area contributed by atoms with Gasteiger partial charge in [0, 0.05) is 23.7 Å². The van der Waals surface area contributed by atoms with E-state index in [4.69, 9.17) is 16.3 Å². The summed E-state index contributed by atoms with van der Waals surface area (Å²) in [4.78, 5) is 26.3. The zero-order valence-corrected chi connectivity index (χ0v) is 13.9. The Morgan fingerprint density at radius 2 is 2.00 bits per heavy atom. The molecule has 0 aromatic heterocycles. The molecule has 0 radical (unpaired) electrons.